The number of imidazole rings is 1. The third-order valence-electron chi connectivity index (χ3n) is 11.2. The molecule has 0 bridgehead atoms. The summed E-state index contributed by atoms with van der Waals surface area (Å²) in [6.45, 7) is 15.2. The summed E-state index contributed by atoms with van der Waals surface area (Å²) in [6.07, 6.45) is 6.18. The molecule has 0 N–H and O–H groups in total. The largest absolute Gasteiger partial charge is 0.510 e. The summed E-state index contributed by atoms with van der Waals surface area (Å²) in [5.41, 5.74) is 6.83. The Balaban J connectivity index is 0.00000672. The molecule has 0 fully saturated rings. The maximum absolute atomic E-state index is 9.06. The fourth-order valence-electron chi connectivity index (χ4n) is 8.36. The van der Waals surface area contributed by atoms with Crippen LogP contribution in [-0.4, -0.2) is 14.1 Å². The summed E-state index contributed by atoms with van der Waals surface area (Å²) >= 11 is 0. The Bertz CT molecular complexity index is 3780. The summed E-state index contributed by atoms with van der Waals surface area (Å²) in [5.74, 6) is 1.58. The Morgan fingerprint density at radius 3 is 2.05 bits per heavy atom. The van der Waals surface area contributed by atoms with Gasteiger partial charge in [-0.1, -0.05) is 156 Å². The summed E-state index contributed by atoms with van der Waals surface area (Å²) < 4.78 is 99.6. The second kappa shape index (κ2) is 16.9. The third kappa shape index (κ3) is 8.10. The molecular formula is C58H50N4OPt-2. The maximum Gasteiger partial charge on any atom is 0.268 e. The number of nitrogens with zero attached hydrogens (tertiary/aromatic N) is 4. The van der Waals surface area contributed by atoms with Gasteiger partial charge in [0.05, 0.1) is 30.4 Å². The molecule has 0 unspecified atom stereocenters. The fraction of sp³-hybridized carbons (Fsp3) is 0.172. The van der Waals surface area contributed by atoms with E-state index in [2.05, 4.69) is 94.9 Å². The van der Waals surface area contributed by atoms with Crippen LogP contribution in [0.4, 0.5) is 0 Å². The molecule has 320 valence electrons. The van der Waals surface area contributed by atoms with E-state index in [0.29, 0.717) is 28.2 Å². The van der Waals surface area contributed by atoms with E-state index in [1.165, 1.54) is 11.1 Å². The summed E-state index contributed by atoms with van der Waals surface area (Å²) in [7, 11) is 0. The molecule has 10 rings (SSSR count). The second-order valence-electron chi connectivity index (χ2n) is 18.1. The Labute approximate surface area is 405 Å². The van der Waals surface area contributed by atoms with E-state index in [0.717, 1.165) is 39.6 Å². The first-order valence-electron chi connectivity index (χ1n) is 25.9. The number of fused-ring (bicyclic) bond motifs is 4. The van der Waals surface area contributed by atoms with Crippen LogP contribution in [0, 0.1) is 30.8 Å². The van der Waals surface area contributed by atoms with E-state index < -0.39 is 60.4 Å². The molecule has 0 amide bonds. The number of para-hydroxylation sites is 2. The van der Waals surface area contributed by atoms with Gasteiger partial charge < -0.3 is 13.9 Å². The minimum absolute atomic E-state index is 0. The van der Waals surface area contributed by atoms with Crippen molar-refractivity contribution >= 4 is 32.8 Å². The number of hydrogen-bond acceptors (Lipinski definition) is 2. The van der Waals surface area contributed by atoms with Crippen molar-refractivity contribution in [3.8, 4) is 50.9 Å². The van der Waals surface area contributed by atoms with E-state index in [9.17, 15) is 0 Å². The maximum atomic E-state index is 9.06. The molecule has 10 aromatic rings. The minimum atomic E-state index is -0.570. The molecule has 7 aromatic carbocycles. The van der Waals surface area contributed by atoms with Crippen molar-refractivity contribution in [1.82, 2.24) is 14.1 Å². The van der Waals surface area contributed by atoms with Gasteiger partial charge in [0.2, 0.25) is 0 Å². The topological polar surface area (TPSA) is 35.9 Å². The molecule has 0 atom stereocenters. The number of hydrogen-bond donors (Lipinski definition) is 0. The molecule has 0 aliphatic carbocycles. The average Bonchev–Trinajstić information content (AvgIpc) is 3.90. The molecule has 3 heterocycles. The minimum Gasteiger partial charge on any atom is -0.510 e. The molecule has 0 spiro atoms. The average molecular weight is 1020 g/mol. The predicted octanol–water partition coefficient (Wildman–Crippen LogP) is 14.1. The van der Waals surface area contributed by atoms with Crippen LogP contribution in [0.2, 0.25) is 0 Å². The summed E-state index contributed by atoms with van der Waals surface area (Å²) in [6, 6.07) is 32.4. The first-order valence-corrected chi connectivity index (χ1v) is 20.9. The van der Waals surface area contributed by atoms with Crippen molar-refractivity contribution in [3.63, 3.8) is 0 Å². The number of aromatic nitrogens is 4. The Hall–Kier alpha value is -6.55. The molecule has 6 heteroatoms. The molecule has 5 nitrogen and oxygen atoms in total. The van der Waals surface area contributed by atoms with Gasteiger partial charge in [-0.15, -0.1) is 29.7 Å². The first-order chi connectivity index (χ1) is 34.5. The van der Waals surface area contributed by atoms with Gasteiger partial charge in [0.1, 0.15) is 5.82 Å². The van der Waals surface area contributed by atoms with Crippen LogP contribution in [0.1, 0.15) is 71.9 Å². The van der Waals surface area contributed by atoms with Crippen LogP contribution in [0.25, 0.3) is 72.3 Å². The SMILES string of the molecule is [2H]c1c([2H])c([2H])c(-c2cccc(-c3c([2H])c([2H])c([2H])c([2H])c3[2H])c2-[n+]2[c-]n(-c3[c-]c(Oc4[c-]c5c(cc4)c4cc(C(C)(C)C)ccc4n5-c4cc(CC(C)(C)C)ccn4)ccc3)c3cccc(C)c32)c([2H])c1[2H].[Pt]. The van der Waals surface area contributed by atoms with Gasteiger partial charge >= 0.3 is 0 Å². The third-order valence-corrected chi connectivity index (χ3v) is 11.2. The molecule has 0 radical (unpaired) electrons. The zero-order valence-electron chi connectivity index (χ0n) is 46.5. The number of ether oxygens (including phenoxy) is 1. The van der Waals surface area contributed by atoms with E-state index in [-0.39, 0.29) is 59.8 Å². The van der Waals surface area contributed by atoms with Gasteiger partial charge in [-0.2, -0.15) is 18.2 Å². The van der Waals surface area contributed by atoms with Crippen LogP contribution in [-0.2, 0) is 32.9 Å². The molecule has 0 saturated heterocycles. The number of aryl methyl sites for hydroxylation is 1. The van der Waals surface area contributed by atoms with Crippen molar-refractivity contribution in [1.29, 1.82) is 0 Å². The van der Waals surface area contributed by atoms with Crippen LogP contribution in [0.5, 0.6) is 11.5 Å². The zero-order valence-corrected chi connectivity index (χ0v) is 38.8. The van der Waals surface area contributed by atoms with Crippen molar-refractivity contribution in [2.45, 2.75) is 60.3 Å². The predicted molar refractivity (Wildman–Crippen MR) is 257 cm³/mol. The van der Waals surface area contributed by atoms with Crippen molar-refractivity contribution in [3.05, 3.63) is 199 Å². The molecule has 3 aromatic heterocycles. The number of rotatable bonds is 8. The first kappa shape index (κ1) is 32.2. The fourth-order valence-corrected chi connectivity index (χ4v) is 8.36. The monoisotopic (exact) mass is 1020 g/mol. The van der Waals surface area contributed by atoms with Gasteiger partial charge in [0.15, 0.2) is 0 Å². The molecule has 0 saturated carbocycles. The van der Waals surface area contributed by atoms with Gasteiger partial charge in [0, 0.05) is 44.3 Å². The molecule has 64 heavy (non-hydrogen) atoms. The van der Waals surface area contributed by atoms with Crippen molar-refractivity contribution in [2.24, 2.45) is 5.41 Å². The van der Waals surface area contributed by atoms with Crippen molar-refractivity contribution < 1.29 is 44.1 Å². The van der Waals surface area contributed by atoms with E-state index >= 15 is 0 Å². The number of pyridine rings is 1. The molecule has 0 aliphatic rings. The second-order valence-corrected chi connectivity index (χ2v) is 18.1. The summed E-state index contributed by atoms with van der Waals surface area (Å²) in [4.78, 5) is 4.88. The van der Waals surface area contributed by atoms with Crippen LogP contribution in [0.3, 0.4) is 0 Å². The standard InChI is InChI=1S/C58H50N4O.Pt/c1-39-17-14-26-52-55(39)61(56-47(41-18-10-8-11-19-41)24-16-25-48(56)42-20-12-9-13-21-42)38-60(52)44-22-15-23-45(35-44)63-46-28-29-49-50-34-43(58(5,6)7)27-30-51(50)62(53(49)36-46)54-33-40(31-32-59-54)37-57(2,3)4;/h8-34H,37H2,1-7H3;/q-2;/i8D,9D,10D,11D,12D,13D,18D,19D,20D,21D;. The van der Waals surface area contributed by atoms with E-state index in [4.69, 9.17) is 23.4 Å². The molecule has 0 aliphatic heterocycles. The van der Waals surface area contributed by atoms with E-state index in [1.54, 1.807) is 33.4 Å². The quantitative estimate of drug-likeness (QED) is 0.112. The molecular weight excluding hydrogens is 964 g/mol. The number of benzene rings is 7. The smallest absolute Gasteiger partial charge is 0.268 e. The van der Waals surface area contributed by atoms with Gasteiger partial charge in [-0.05, 0) is 92.4 Å². The Morgan fingerprint density at radius 1 is 0.688 bits per heavy atom. The zero-order chi connectivity index (χ0) is 52.2. The van der Waals surface area contributed by atoms with Gasteiger partial charge in [0.25, 0.3) is 6.33 Å². The van der Waals surface area contributed by atoms with Gasteiger partial charge in [-0.3, -0.25) is 4.57 Å². The van der Waals surface area contributed by atoms with E-state index in [1.807, 2.05) is 55.6 Å². The normalized spacial score (nSPS) is 14.1. The van der Waals surface area contributed by atoms with Crippen LogP contribution >= 0.6 is 0 Å². The van der Waals surface area contributed by atoms with Gasteiger partial charge in [-0.25, -0.2) is 4.98 Å². The van der Waals surface area contributed by atoms with Crippen molar-refractivity contribution in [2.75, 3.05) is 0 Å². The Morgan fingerprint density at radius 2 is 1.36 bits per heavy atom. The van der Waals surface area contributed by atoms with Crippen LogP contribution in [0.15, 0.2) is 164 Å². The summed E-state index contributed by atoms with van der Waals surface area (Å²) in [5, 5.41) is 2.07. The van der Waals surface area contributed by atoms with Crippen LogP contribution < -0.4 is 9.30 Å². The Kier molecular flexibility index (Phi) is 8.47.